The summed E-state index contributed by atoms with van der Waals surface area (Å²) in [6.07, 6.45) is 4.54. The fraction of sp³-hybridized carbons (Fsp3) is 0.533. The van der Waals surface area contributed by atoms with E-state index in [1.165, 1.54) is 0 Å². The molecule has 1 aromatic heterocycles. The first-order valence-corrected chi connectivity index (χ1v) is 7.46. The molecule has 1 aromatic carbocycles. The Morgan fingerprint density at radius 2 is 1.95 bits per heavy atom. The third-order valence-corrected chi connectivity index (χ3v) is 5.25. The minimum absolute atomic E-state index is 0.193. The lowest BCUT2D eigenvalue weighted by atomic mass is 9.88. The maximum Gasteiger partial charge on any atom is 0.0923 e. The van der Waals surface area contributed by atoms with Crippen molar-refractivity contribution in [2.24, 2.45) is 11.8 Å². The second-order valence-electron chi connectivity index (χ2n) is 6.37. The van der Waals surface area contributed by atoms with Crippen molar-refractivity contribution in [3.8, 4) is 0 Å². The van der Waals surface area contributed by atoms with Gasteiger partial charge in [0.05, 0.1) is 23.4 Å². The van der Waals surface area contributed by atoms with Gasteiger partial charge in [-0.25, -0.2) is 0 Å². The maximum atomic E-state index is 11.1. The molecule has 4 atom stereocenters. The Kier molecular flexibility index (Phi) is 2.65. The Bertz CT molecular complexity index is 655. The van der Waals surface area contributed by atoms with E-state index in [-0.39, 0.29) is 6.10 Å². The summed E-state index contributed by atoms with van der Waals surface area (Å²) in [4.78, 5) is 0. The molecule has 2 saturated carbocycles. The van der Waals surface area contributed by atoms with Gasteiger partial charge in [-0.15, -0.1) is 0 Å². The molecule has 0 aliphatic heterocycles. The lowest BCUT2D eigenvalue weighted by molar-refractivity contribution is 0.0302. The first kappa shape index (κ1) is 12.6. The van der Waals surface area contributed by atoms with Crippen LogP contribution >= 0.6 is 11.6 Å². The van der Waals surface area contributed by atoms with E-state index < -0.39 is 5.60 Å². The fourth-order valence-electron chi connectivity index (χ4n) is 4.24. The van der Waals surface area contributed by atoms with Gasteiger partial charge in [-0.1, -0.05) is 11.6 Å². The molecular formula is C15H17ClN2O2. The van der Waals surface area contributed by atoms with Crippen LogP contribution in [0.2, 0.25) is 5.02 Å². The molecule has 0 spiro atoms. The number of benzene rings is 1. The Morgan fingerprint density at radius 1 is 1.25 bits per heavy atom. The number of hydrogen-bond acceptors (Lipinski definition) is 3. The van der Waals surface area contributed by atoms with Gasteiger partial charge in [0.2, 0.25) is 0 Å². The van der Waals surface area contributed by atoms with Gasteiger partial charge in [-0.05, 0) is 49.7 Å². The topological polar surface area (TPSA) is 69.1 Å². The van der Waals surface area contributed by atoms with E-state index in [0.717, 1.165) is 29.3 Å². The van der Waals surface area contributed by atoms with Gasteiger partial charge in [0.1, 0.15) is 0 Å². The number of H-pyrrole nitrogens is 1. The van der Waals surface area contributed by atoms with E-state index in [0.29, 0.717) is 29.7 Å². The molecule has 1 heterocycles. The normalized spacial score (nSPS) is 36.6. The fourth-order valence-corrected chi connectivity index (χ4v) is 4.47. The summed E-state index contributed by atoms with van der Waals surface area (Å²) in [6, 6.07) is 3.70. The van der Waals surface area contributed by atoms with Gasteiger partial charge < -0.3 is 10.2 Å². The summed E-state index contributed by atoms with van der Waals surface area (Å²) in [7, 11) is 0. The smallest absolute Gasteiger partial charge is 0.0923 e. The Morgan fingerprint density at radius 3 is 2.65 bits per heavy atom. The summed E-state index contributed by atoms with van der Waals surface area (Å²) in [5.74, 6) is 0.818. The van der Waals surface area contributed by atoms with E-state index in [9.17, 15) is 10.2 Å². The number of halogens is 1. The van der Waals surface area contributed by atoms with Crippen LogP contribution in [0.25, 0.3) is 10.9 Å². The molecular weight excluding hydrogens is 276 g/mol. The highest BCUT2D eigenvalue weighted by molar-refractivity contribution is 6.31. The van der Waals surface area contributed by atoms with Crippen LogP contribution in [0.15, 0.2) is 18.3 Å². The average molecular weight is 293 g/mol. The van der Waals surface area contributed by atoms with Gasteiger partial charge in [0.25, 0.3) is 0 Å². The van der Waals surface area contributed by atoms with Crippen molar-refractivity contribution in [1.29, 1.82) is 0 Å². The van der Waals surface area contributed by atoms with Gasteiger partial charge in [0.15, 0.2) is 0 Å². The summed E-state index contributed by atoms with van der Waals surface area (Å²) in [5.41, 5.74) is 0.865. The zero-order valence-corrected chi connectivity index (χ0v) is 11.8. The largest absolute Gasteiger partial charge is 0.393 e. The van der Waals surface area contributed by atoms with Crippen LogP contribution in [0.5, 0.6) is 0 Å². The van der Waals surface area contributed by atoms with Crippen LogP contribution in [-0.4, -0.2) is 26.5 Å². The summed E-state index contributed by atoms with van der Waals surface area (Å²) < 4.78 is 0. The molecule has 2 fully saturated rings. The standard InChI is InChI=1S/C15H17ClN2O2/c16-11-1-10-7-17-18-14(10)13(4-11)15(20)5-8-2-12(19)3-9(8)6-15/h1,4,7-9,12,19-20H,2-3,5-6H2,(H,17,18)/t8-,9+,12-,15+. The van der Waals surface area contributed by atoms with Gasteiger partial charge in [0, 0.05) is 16.0 Å². The minimum atomic E-state index is -0.856. The highest BCUT2D eigenvalue weighted by atomic mass is 35.5. The predicted octanol–water partition coefficient (Wildman–Crippen LogP) is 2.58. The molecule has 3 N–H and O–H groups in total. The van der Waals surface area contributed by atoms with Crippen molar-refractivity contribution in [3.05, 3.63) is 28.9 Å². The highest BCUT2D eigenvalue weighted by Gasteiger charge is 2.49. The molecule has 0 saturated heterocycles. The first-order chi connectivity index (χ1) is 9.55. The minimum Gasteiger partial charge on any atom is -0.393 e. The Labute approximate surface area is 121 Å². The average Bonchev–Trinajstić information content (AvgIpc) is 3.01. The molecule has 2 aliphatic carbocycles. The Hall–Kier alpha value is -1.10. The molecule has 0 amide bonds. The Balaban J connectivity index is 1.78. The molecule has 106 valence electrons. The number of aliphatic hydroxyl groups is 2. The second kappa shape index (κ2) is 4.20. The van der Waals surface area contributed by atoms with Crippen molar-refractivity contribution in [3.63, 3.8) is 0 Å². The van der Waals surface area contributed by atoms with Crippen molar-refractivity contribution in [2.45, 2.75) is 37.4 Å². The van der Waals surface area contributed by atoms with E-state index in [1.54, 1.807) is 6.20 Å². The van der Waals surface area contributed by atoms with Crippen molar-refractivity contribution in [1.82, 2.24) is 10.2 Å². The number of aliphatic hydroxyl groups excluding tert-OH is 1. The third kappa shape index (κ3) is 1.79. The highest BCUT2D eigenvalue weighted by Crippen LogP contribution is 2.53. The quantitative estimate of drug-likeness (QED) is 0.757. The summed E-state index contributed by atoms with van der Waals surface area (Å²) >= 11 is 6.17. The zero-order valence-electron chi connectivity index (χ0n) is 11.0. The molecule has 0 bridgehead atoms. The number of hydrogen-bond donors (Lipinski definition) is 3. The van der Waals surface area contributed by atoms with Crippen LogP contribution in [0.3, 0.4) is 0 Å². The second-order valence-corrected chi connectivity index (χ2v) is 6.81. The predicted molar refractivity (Wildman–Crippen MR) is 76.5 cm³/mol. The molecule has 20 heavy (non-hydrogen) atoms. The number of nitrogens with zero attached hydrogens (tertiary/aromatic N) is 1. The number of rotatable bonds is 1. The zero-order chi connectivity index (χ0) is 13.9. The summed E-state index contributed by atoms with van der Waals surface area (Å²) in [6.45, 7) is 0. The van der Waals surface area contributed by atoms with Gasteiger partial charge in [-0.3, -0.25) is 5.10 Å². The van der Waals surface area contributed by atoms with E-state index in [1.807, 2.05) is 12.1 Å². The lowest BCUT2D eigenvalue weighted by Gasteiger charge is -2.25. The van der Waals surface area contributed by atoms with Crippen molar-refractivity contribution >= 4 is 22.5 Å². The molecule has 4 nitrogen and oxygen atoms in total. The number of aromatic amines is 1. The number of fused-ring (bicyclic) bond motifs is 2. The lowest BCUT2D eigenvalue weighted by Crippen LogP contribution is -2.24. The third-order valence-electron chi connectivity index (χ3n) is 5.03. The van der Waals surface area contributed by atoms with Crippen LogP contribution < -0.4 is 0 Å². The molecule has 2 aromatic rings. The monoisotopic (exact) mass is 292 g/mol. The van der Waals surface area contributed by atoms with E-state index in [2.05, 4.69) is 10.2 Å². The summed E-state index contributed by atoms with van der Waals surface area (Å²) in [5, 5.41) is 29.4. The van der Waals surface area contributed by atoms with Crippen molar-refractivity contribution in [2.75, 3.05) is 0 Å². The molecule has 4 rings (SSSR count). The maximum absolute atomic E-state index is 11.1. The van der Waals surface area contributed by atoms with Crippen LogP contribution in [0, 0.1) is 11.8 Å². The molecule has 5 heteroatoms. The molecule has 2 aliphatic rings. The van der Waals surface area contributed by atoms with E-state index >= 15 is 0 Å². The molecule has 0 unspecified atom stereocenters. The molecule has 0 radical (unpaired) electrons. The first-order valence-electron chi connectivity index (χ1n) is 7.09. The SMILES string of the molecule is O[C@@H]1C[C@@H]2C[C@@](O)(c3cc(Cl)cc4cn[nH]c34)C[C@@H]2C1. The van der Waals surface area contributed by atoms with Crippen LogP contribution in [-0.2, 0) is 5.60 Å². The van der Waals surface area contributed by atoms with E-state index in [4.69, 9.17) is 11.6 Å². The number of aromatic nitrogens is 2. The van der Waals surface area contributed by atoms with Crippen LogP contribution in [0.4, 0.5) is 0 Å². The van der Waals surface area contributed by atoms with Gasteiger partial charge in [-0.2, -0.15) is 5.10 Å². The van der Waals surface area contributed by atoms with Crippen LogP contribution in [0.1, 0.15) is 31.2 Å². The number of nitrogens with one attached hydrogen (secondary N) is 1. The van der Waals surface area contributed by atoms with Gasteiger partial charge >= 0.3 is 0 Å². The van der Waals surface area contributed by atoms with Crippen molar-refractivity contribution < 1.29 is 10.2 Å².